The van der Waals surface area contributed by atoms with Crippen molar-refractivity contribution in [3.05, 3.63) is 40.6 Å². The fourth-order valence-corrected chi connectivity index (χ4v) is 6.00. The van der Waals surface area contributed by atoms with Gasteiger partial charge in [0.25, 0.3) is 0 Å². The van der Waals surface area contributed by atoms with Gasteiger partial charge in [-0.25, -0.2) is 0 Å². The van der Waals surface area contributed by atoms with Crippen molar-refractivity contribution in [2.45, 2.75) is 92.9 Å². The summed E-state index contributed by atoms with van der Waals surface area (Å²) in [7, 11) is 0. The number of fused-ring (bicyclic) bond motifs is 1. The molecule has 14 atom stereocenters. The second-order valence-corrected chi connectivity index (χ2v) is 12.6. The SMILES string of the molecule is C[C@@H]1O[C@@H](O[C@H]2[C@H](Oc3c(-c4ccc(O)c(O)c4)oc4cc(O[C@@H]5O[C@H](CO)[C@@H](O)[C@H](O)[C@H]5O)cc(O)c4c3=O)OC[C@H](O)[C@@H]2O)[C@H](O)[C@H](O)[C@H]1O. The molecule has 0 radical (unpaired) electrons. The van der Waals surface area contributed by atoms with Crippen LogP contribution in [0.3, 0.4) is 0 Å². The van der Waals surface area contributed by atoms with Crippen molar-refractivity contribution in [3.8, 4) is 40.1 Å². The molecule has 3 aliphatic rings. The first-order valence-electron chi connectivity index (χ1n) is 15.9. The molecule has 6 rings (SSSR count). The molecular weight excluding hydrogens is 704 g/mol. The minimum Gasteiger partial charge on any atom is -0.507 e. The van der Waals surface area contributed by atoms with Crippen molar-refractivity contribution < 1.29 is 94.1 Å². The van der Waals surface area contributed by atoms with Crippen LogP contribution < -0.4 is 14.9 Å². The van der Waals surface area contributed by atoms with E-state index in [0.717, 1.165) is 24.3 Å². The molecule has 4 heterocycles. The van der Waals surface area contributed by atoms with Crippen molar-refractivity contribution in [1.29, 1.82) is 0 Å². The molecule has 0 saturated carbocycles. The number of phenols is 3. The number of rotatable bonds is 8. The van der Waals surface area contributed by atoms with Gasteiger partial charge in [0, 0.05) is 17.7 Å². The maximum Gasteiger partial charge on any atom is 0.239 e. The van der Waals surface area contributed by atoms with E-state index in [2.05, 4.69) is 0 Å². The molecule has 12 N–H and O–H groups in total. The van der Waals surface area contributed by atoms with E-state index in [-0.39, 0.29) is 16.9 Å². The lowest BCUT2D eigenvalue weighted by molar-refractivity contribution is -0.344. The van der Waals surface area contributed by atoms with Gasteiger partial charge in [-0.1, -0.05) is 0 Å². The minimum absolute atomic E-state index is 0.0881. The van der Waals surface area contributed by atoms with Crippen LogP contribution in [0.5, 0.6) is 28.7 Å². The van der Waals surface area contributed by atoms with Crippen LogP contribution in [0.1, 0.15) is 6.92 Å². The van der Waals surface area contributed by atoms with E-state index in [9.17, 15) is 66.1 Å². The molecule has 52 heavy (non-hydrogen) atoms. The van der Waals surface area contributed by atoms with Gasteiger partial charge in [0.2, 0.25) is 23.8 Å². The summed E-state index contributed by atoms with van der Waals surface area (Å²) in [4.78, 5) is 14.1. The Hall–Kier alpha value is -3.87. The van der Waals surface area contributed by atoms with Crippen LogP contribution in [0.4, 0.5) is 0 Å². The number of aliphatic hydroxyl groups is 9. The Balaban J connectivity index is 1.40. The number of phenolic OH excluding ortho intramolecular Hbond substituents is 3. The Kier molecular flexibility index (Phi) is 10.8. The van der Waals surface area contributed by atoms with Crippen LogP contribution in [0.15, 0.2) is 39.5 Å². The van der Waals surface area contributed by atoms with Crippen molar-refractivity contribution >= 4 is 11.0 Å². The van der Waals surface area contributed by atoms with Gasteiger partial charge in [0.15, 0.2) is 29.7 Å². The number of hydrogen-bond acceptors (Lipinski definition) is 20. The summed E-state index contributed by atoms with van der Waals surface area (Å²) >= 11 is 0. The molecule has 3 saturated heterocycles. The monoisotopic (exact) mass is 742 g/mol. The maximum atomic E-state index is 14.1. The Labute approximate surface area is 292 Å². The maximum absolute atomic E-state index is 14.1. The average Bonchev–Trinajstić information content (AvgIpc) is 3.11. The molecule has 286 valence electrons. The average molecular weight is 743 g/mol. The number of ether oxygens (including phenoxy) is 6. The Bertz CT molecular complexity index is 1800. The predicted octanol–water partition coefficient (Wildman–Crippen LogP) is -3.57. The molecule has 0 spiro atoms. The second kappa shape index (κ2) is 14.9. The molecule has 3 aromatic rings. The van der Waals surface area contributed by atoms with Gasteiger partial charge in [-0.05, 0) is 25.1 Å². The fraction of sp³-hybridized carbons (Fsp3) is 0.531. The van der Waals surface area contributed by atoms with Crippen LogP contribution >= 0.6 is 0 Å². The normalized spacial score (nSPS) is 36.8. The van der Waals surface area contributed by atoms with E-state index in [1.54, 1.807) is 0 Å². The Morgan fingerprint density at radius 2 is 1.42 bits per heavy atom. The van der Waals surface area contributed by atoms with E-state index in [1.165, 1.54) is 13.0 Å². The highest BCUT2D eigenvalue weighted by Crippen LogP contribution is 2.40. The molecule has 3 aliphatic heterocycles. The van der Waals surface area contributed by atoms with E-state index in [1.807, 2.05) is 0 Å². The number of aromatic hydroxyl groups is 3. The van der Waals surface area contributed by atoms with Crippen LogP contribution in [0.2, 0.25) is 0 Å². The van der Waals surface area contributed by atoms with Gasteiger partial charge in [0.05, 0.1) is 19.3 Å². The first-order valence-corrected chi connectivity index (χ1v) is 15.9. The van der Waals surface area contributed by atoms with Crippen LogP contribution in [0.25, 0.3) is 22.3 Å². The molecule has 0 unspecified atom stereocenters. The van der Waals surface area contributed by atoms with Gasteiger partial charge in [-0.2, -0.15) is 0 Å². The van der Waals surface area contributed by atoms with E-state index >= 15 is 0 Å². The lowest BCUT2D eigenvalue weighted by Crippen LogP contribution is -2.62. The van der Waals surface area contributed by atoms with Gasteiger partial charge in [-0.3, -0.25) is 4.79 Å². The summed E-state index contributed by atoms with van der Waals surface area (Å²) in [6.07, 6.45) is -23.1. The molecule has 3 fully saturated rings. The third-order valence-corrected chi connectivity index (χ3v) is 9.01. The zero-order chi connectivity index (χ0) is 37.8. The summed E-state index contributed by atoms with van der Waals surface area (Å²) in [6.45, 7) is 0.0637. The van der Waals surface area contributed by atoms with Crippen molar-refractivity contribution in [3.63, 3.8) is 0 Å². The van der Waals surface area contributed by atoms with Crippen molar-refractivity contribution in [2.75, 3.05) is 13.2 Å². The van der Waals surface area contributed by atoms with E-state index < -0.39 is 139 Å². The van der Waals surface area contributed by atoms with Gasteiger partial charge in [0.1, 0.15) is 77.4 Å². The smallest absolute Gasteiger partial charge is 0.239 e. The number of hydrogen-bond donors (Lipinski definition) is 12. The summed E-state index contributed by atoms with van der Waals surface area (Å²) in [5.74, 6) is -3.44. The summed E-state index contributed by atoms with van der Waals surface area (Å²) in [6, 6.07) is 5.27. The molecule has 0 aliphatic carbocycles. The molecule has 1 aromatic heterocycles. The molecular formula is C32H38O20. The highest BCUT2D eigenvalue weighted by Gasteiger charge is 2.49. The van der Waals surface area contributed by atoms with Crippen molar-refractivity contribution in [1.82, 2.24) is 0 Å². The molecule has 2 aromatic carbocycles. The third kappa shape index (κ3) is 6.97. The van der Waals surface area contributed by atoms with Gasteiger partial charge >= 0.3 is 0 Å². The van der Waals surface area contributed by atoms with Crippen LogP contribution in [-0.2, 0) is 18.9 Å². The fourth-order valence-electron chi connectivity index (χ4n) is 6.00. The first-order chi connectivity index (χ1) is 24.6. The van der Waals surface area contributed by atoms with Crippen LogP contribution in [-0.4, -0.2) is 161 Å². The van der Waals surface area contributed by atoms with Crippen molar-refractivity contribution in [2.24, 2.45) is 0 Å². The molecule has 0 bridgehead atoms. The van der Waals surface area contributed by atoms with Gasteiger partial charge < -0.3 is 94.1 Å². The largest absolute Gasteiger partial charge is 0.507 e. The van der Waals surface area contributed by atoms with E-state index in [4.69, 9.17) is 32.8 Å². The topological polar surface area (TPSA) is 328 Å². The highest BCUT2D eigenvalue weighted by molar-refractivity contribution is 5.88. The number of benzene rings is 2. The molecule has 0 amide bonds. The predicted molar refractivity (Wildman–Crippen MR) is 167 cm³/mol. The Morgan fingerprint density at radius 1 is 0.731 bits per heavy atom. The first kappa shape index (κ1) is 37.9. The standard InChI is InChI=1S/C32H38O20/c1-9-19(38)23(42)25(44)30(47-9)52-29-20(39)15(37)8-46-32(29)51-28-22(41)18-14(36)5-11(48-31-26(45)24(43)21(40)17(7-33)50-31)6-16(18)49-27(28)10-2-3-12(34)13(35)4-10/h2-6,9,15,17,19-21,23-26,29-40,42-45H,7-8H2,1H3/t9-,15-,17+,19-,20-,21+,23+,24-,25+,26+,29+,30-,31+,32-/m0/s1. The number of aliphatic hydroxyl groups excluding tert-OH is 9. The summed E-state index contributed by atoms with van der Waals surface area (Å²) < 4.78 is 39.5. The highest BCUT2D eigenvalue weighted by atomic mass is 16.8. The lowest BCUT2D eigenvalue weighted by atomic mass is 9.99. The van der Waals surface area contributed by atoms with E-state index in [0.29, 0.717) is 0 Å². The summed E-state index contributed by atoms with van der Waals surface area (Å²) in [5.41, 5.74) is -1.55. The van der Waals surface area contributed by atoms with Gasteiger partial charge in [-0.15, -0.1) is 0 Å². The van der Waals surface area contributed by atoms with Crippen LogP contribution in [0, 0.1) is 0 Å². The minimum atomic E-state index is -1.85. The Morgan fingerprint density at radius 3 is 2.12 bits per heavy atom. The lowest BCUT2D eigenvalue weighted by Gasteiger charge is -2.43. The summed E-state index contributed by atoms with van der Waals surface area (Å²) in [5, 5.41) is 123. The second-order valence-electron chi connectivity index (χ2n) is 12.6. The zero-order valence-electron chi connectivity index (χ0n) is 27.0. The molecule has 20 nitrogen and oxygen atoms in total. The quantitative estimate of drug-likeness (QED) is 0.0993. The zero-order valence-corrected chi connectivity index (χ0v) is 27.0. The third-order valence-electron chi connectivity index (χ3n) is 9.01. The molecule has 20 heteroatoms.